The van der Waals surface area contributed by atoms with E-state index in [1.165, 1.54) is 0 Å². The summed E-state index contributed by atoms with van der Waals surface area (Å²) < 4.78 is 9.41. The van der Waals surface area contributed by atoms with Crippen LogP contribution in [0.3, 0.4) is 0 Å². The van der Waals surface area contributed by atoms with Gasteiger partial charge in [0.05, 0.1) is 13.2 Å². The Morgan fingerprint density at radius 1 is 1.25 bits per heavy atom. The van der Waals surface area contributed by atoms with Crippen molar-refractivity contribution in [1.82, 2.24) is 0 Å². The first-order valence-electron chi connectivity index (χ1n) is 4.31. The molecule has 2 N–H and O–H groups in total. The zero-order valence-corrected chi connectivity index (χ0v) is 7.54. The lowest BCUT2D eigenvalue weighted by Crippen LogP contribution is -2.11. The van der Waals surface area contributed by atoms with Crippen LogP contribution in [0.1, 0.15) is 26.2 Å². The predicted octanol–water partition coefficient (Wildman–Crippen LogP) is 1.29. The lowest BCUT2D eigenvalue weighted by molar-refractivity contribution is 0.0541. The molecule has 72 valence electrons. The van der Waals surface area contributed by atoms with Gasteiger partial charge in [0.25, 0.3) is 0 Å². The zero-order valence-electron chi connectivity index (χ0n) is 7.54. The molecule has 0 saturated heterocycles. The van der Waals surface area contributed by atoms with Crippen LogP contribution in [-0.2, 0) is 9.47 Å². The number of rotatable bonds is 6. The second-order valence-electron chi connectivity index (χ2n) is 2.44. The van der Waals surface area contributed by atoms with Gasteiger partial charge < -0.3 is 15.2 Å². The first kappa shape index (κ1) is 11.2. The minimum atomic E-state index is -0.586. The van der Waals surface area contributed by atoms with E-state index in [9.17, 15) is 4.79 Å². The molecule has 0 atom stereocenters. The van der Waals surface area contributed by atoms with E-state index in [2.05, 4.69) is 4.74 Å². The van der Waals surface area contributed by atoms with E-state index in [0.29, 0.717) is 26.2 Å². The fourth-order valence-electron chi connectivity index (χ4n) is 0.580. The molecule has 0 aliphatic heterocycles. The summed E-state index contributed by atoms with van der Waals surface area (Å²) in [5, 5.41) is 0. The van der Waals surface area contributed by atoms with Crippen LogP contribution in [0.4, 0.5) is 4.79 Å². The SMILES string of the molecule is CCCCOC(=O)OCCCN. The maximum atomic E-state index is 10.7. The van der Waals surface area contributed by atoms with Crippen LogP contribution < -0.4 is 5.73 Å². The molecule has 0 aliphatic carbocycles. The van der Waals surface area contributed by atoms with Crippen molar-refractivity contribution in [3.63, 3.8) is 0 Å². The molecule has 4 nitrogen and oxygen atoms in total. The lowest BCUT2D eigenvalue weighted by atomic mass is 10.4. The Morgan fingerprint density at radius 2 is 1.83 bits per heavy atom. The van der Waals surface area contributed by atoms with Crippen LogP contribution in [0.15, 0.2) is 0 Å². The number of nitrogens with two attached hydrogens (primary N) is 1. The van der Waals surface area contributed by atoms with Gasteiger partial charge in [0.2, 0.25) is 0 Å². The Morgan fingerprint density at radius 3 is 2.33 bits per heavy atom. The minimum Gasteiger partial charge on any atom is -0.434 e. The van der Waals surface area contributed by atoms with Crippen molar-refractivity contribution in [3.05, 3.63) is 0 Å². The number of hydrogen-bond acceptors (Lipinski definition) is 4. The minimum absolute atomic E-state index is 0.349. The Hall–Kier alpha value is -0.770. The van der Waals surface area contributed by atoms with Crippen molar-refractivity contribution < 1.29 is 14.3 Å². The van der Waals surface area contributed by atoms with Crippen molar-refractivity contribution in [1.29, 1.82) is 0 Å². The van der Waals surface area contributed by atoms with Crippen molar-refractivity contribution >= 4 is 6.16 Å². The van der Waals surface area contributed by atoms with Gasteiger partial charge in [-0.25, -0.2) is 4.79 Å². The summed E-state index contributed by atoms with van der Waals surface area (Å²) in [6, 6.07) is 0. The third kappa shape index (κ3) is 7.34. The Labute approximate surface area is 73.0 Å². The van der Waals surface area contributed by atoms with Crippen LogP contribution in [0, 0.1) is 0 Å². The van der Waals surface area contributed by atoms with Gasteiger partial charge in [-0.15, -0.1) is 0 Å². The number of hydrogen-bond donors (Lipinski definition) is 1. The summed E-state index contributed by atoms with van der Waals surface area (Å²) in [6.07, 6.45) is 1.99. The molecule has 0 aromatic heterocycles. The van der Waals surface area contributed by atoms with Crippen LogP contribution in [0.25, 0.3) is 0 Å². The molecule has 0 bridgehead atoms. The quantitative estimate of drug-likeness (QED) is 0.488. The third-order valence-corrected chi connectivity index (χ3v) is 1.29. The van der Waals surface area contributed by atoms with Crippen LogP contribution in [-0.4, -0.2) is 25.9 Å². The van der Waals surface area contributed by atoms with E-state index >= 15 is 0 Å². The third-order valence-electron chi connectivity index (χ3n) is 1.29. The molecular formula is C8H17NO3. The average Bonchev–Trinajstić information content (AvgIpc) is 2.06. The molecule has 0 fully saturated rings. The maximum Gasteiger partial charge on any atom is 0.508 e. The molecule has 0 radical (unpaired) electrons. The van der Waals surface area contributed by atoms with Gasteiger partial charge in [-0.2, -0.15) is 0 Å². The highest BCUT2D eigenvalue weighted by atomic mass is 16.7. The Balaban J connectivity index is 3.10. The molecule has 0 rings (SSSR count). The van der Waals surface area contributed by atoms with Crippen molar-refractivity contribution in [2.24, 2.45) is 5.73 Å². The summed E-state index contributed by atoms with van der Waals surface area (Å²) in [6.45, 7) is 3.35. The van der Waals surface area contributed by atoms with Crippen molar-refractivity contribution in [2.45, 2.75) is 26.2 Å². The van der Waals surface area contributed by atoms with Gasteiger partial charge in [-0.05, 0) is 19.4 Å². The Bertz CT molecular complexity index is 105. The van der Waals surface area contributed by atoms with Crippen LogP contribution >= 0.6 is 0 Å². The summed E-state index contributed by atoms with van der Waals surface area (Å²) in [7, 11) is 0. The van der Waals surface area contributed by atoms with E-state index in [0.717, 1.165) is 12.8 Å². The lowest BCUT2D eigenvalue weighted by Gasteiger charge is -2.04. The van der Waals surface area contributed by atoms with E-state index in [1.807, 2.05) is 6.92 Å². The van der Waals surface area contributed by atoms with Gasteiger partial charge in [0.15, 0.2) is 0 Å². The van der Waals surface area contributed by atoms with E-state index in [4.69, 9.17) is 10.5 Å². The smallest absolute Gasteiger partial charge is 0.434 e. The fourth-order valence-corrected chi connectivity index (χ4v) is 0.580. The summed E-state index contributed by atoms with van der Waals surface area (Å²) >= 11 is 0. The van der Waals surface area contributed by atoms with Crippen LogP contribution in [0.5, 0.6) is 0 Å². The summed E-state index contributed by atoms with van der Waals surface area (Å²) in [5.41, 5.74) is 5.20. The molecule has 4 heteroatoms. The topological polar surface area (TPSA) is 61.5 Å². The van der Waals surface area contributed by atoms with Crippen molar-refractivity contribution in [2.75, 3.05) is 19.8 Å². The highest BCUT2D eigenvalue weighted by Gasteiger charge is 2.00. The van der Waals surface area contributed by atoms with Gasteiger partial charge in [0.1, 0.15) is 0 Å². The van der Waals surface area contributed by atoms with Crippen molar-refractivity contribution in [3.8, 4) is 0 Å². The molecule has 0 unspecified atom stereocenters. The van der Waals surface area contributed by atoms with E-state index in [-0.39, 0.29) is 0 Å². The average molecular weight is 175 g/mol. The normalized spacial score (nSPS) is 9.50. The molecule has 0 spiro atoms. The number of carbonyl (C=O) groups excluding carboxylic acids is 1. The van der Waals surface area contributed by atoms with Gasteiger partial charge in [0, 0.05) is 0 Å². The highest BCUT2D eigenvalue weighted by molar-refractivity contribution is 5.59. The van der Waals surface area contributed by atoms with Crippen LogP contribution in [0.2, 0.25) is 0 Å². The number of ether oxygens (including phenoxy) is 2. The fraction of sp³-hybridized carbons (Fsp3) is 0.875. The summed E-state index contributed by atoms with van der Waals surface area (Å²) in [5.74, 6) is 0. The second kappa shape index (κ2) is 8.33. The second-order valence-corrected chi connectivity index (χ2v) is 2.44. The first-order chi connectivity index (χ1) is 5.81. The number of carbonyl (C=O) groups is 1. The highest BCUT2D eigenvalue weighted by Crippen LogP contribution is 1.91. The van der Waals surface area contributed by atoms with E-state index < -0.39 is 6.16 Å². The molecular weight excluding hydrogens is 158 g/mol. The molecule has 0 amide bonds. The summed E-state index contributed by atoms with van der Waals surface area (Å²) in [4.78, 5) is 10.7. The molecule has 0 saturated carbocycles. The zero-order chi connectivity index (χ0) is 9.23. The van der Waals surface area contributed by atoms with Gasteiger partial charge in [-0.1, -0.05) is 13.3 Å². The molecule has 0 aliphatic rings. The Kier molecular flexibility index (Phi) is 7.79. The van der Waals surface area contributed by atoms with Gasteiger partial charge in [-0.3, -0.25) is 0 Å². The van der Waals surface area contributed by atoms with E-state index in [1.54, 1.807) is 0 Å². The molecule has 12 heavy (non-hydrogen) atoms. The number of unbranched alkanes of at least 4 members (excludes halogenated alkanes) is 1. The largest absolute Gasteiger partial charge is 0.508 e. The maximum absolute atomic E-state index is 10.7. The monoisotopic (exact) mass is 175 g/mol. The predicted molar refractivity (Wildman–Crippen MR) is 45.9 cm³/mol. The molecule has 0 heterocycles. The molecule has 0 aromatic carbocycles. The van der Waals surface area contributed by atoms with Gasteiger partial charge >= 0.3 is 6.16 Å². The standard InChI is InChI=1S/C8H17NO3/c1-2-3-6-11-8(10)12-7-4-5-9/h2-7,9H2,1H3. The first-order valence-corrected chi connectivity index (χ1v) is 4.31. The molecule has 0 aromatic rings.